The number of rotatable bonds is 5. The number of carbonyl (C=O) groups excluding carboxylic acids is 2. The van der Waals surface area contributed by atoms with Crippen molar-refractivity contribution in [2.24, 2.45) is 0 Å². The second-order valence-electron chi connectivity index (χ2n) is 8.39. The minimum absolute atomic E-state index is 0.0186. The number of aryl methyl sites for hydroxylation is 1. The maximum atomic E-state index is 13.0. The summed E-state index contributed by atoms with van der Waals surface area (Å²) in [5, 5.41) is 10.00. The summed E-state index contributed by atoms with van der Waals surface area (Å²) in [4.78, 5) is 46.6. The van der Waals surface area contributed by atoms with Gasteiger partial charge in [0.15, 0.2) is 0 Å². The predicted octanol–water partition coefficient (Wildman–Crippen LogP) is 1.72. The minimum atomic E-state index is -0.363. The number of benzene rings is 2. The molecule has 178 valence electrons. The molecule has 4 rings (SSSR count). The van der Waals surface area contributed by atoms with Crippen molar-refractivity contribution in [3.63, 3.8) is 0 Å². The highest BCUT2D eigenvalue weighted by Crippen LogP contribution is 2.16. The van der Waals surface area contributed by atoms with Gasteiger partial charge in [-0.1, -0.05) is 12.1 Å². The fourth-order valence-corrected chi connectivity index (χ4v) is 4.19. The number of aromatic hydroxyl groups is 1. The summed E-state index contributed by atoms with van der Waals surface area (Å²) >= 11 is 0. The molecular weight excluding hydrogens is 436 g/mol. The van der Waals surface area contributed by atoms with Crippen molar-refractivity contribution in [2.45, 2.75) is 26.3 Å². The molecule has 2 aromatic carbocycles. The van der Waals surface area contributed by atoms with Crippen LogP contribution in [-0.2, 0) is 22.6 Å². The largest absolute Gasteiger partial charge is 0.508 e. The lowest BCUT2D eigenvalue weighted by atomic mass is 10.1. The number of fused-ring (bicyclic) bond motifs is 1. The molecule has 3 aromatic rings. The van der Waals surface area contributed by atoms with E-state index in [-0.39, 0.29) is 35.1 Å². The Morgan fingerprint density at radius 1 is 1.00 bits per heavy atom. The number of nitrogens with zero attached hydrogens (tertiary/aromatic N) is 4. The van der Waals surface area contributed by atoms with Crippen LogP contribution in [0.1, 0.15) is 17.8 Å². The number of phenolic OH excluding ortho intramolecular Hbond substituents is 1. The maximum absolute atomic E-state index is 13.0. The van der Waals surface area contributed by atoms with Crippen molar-refractivity contribution in [1.29, 1.82) is 0 Å². The van der Waals surface area contributed by atoms with E-state index >= 15 is 0 Å². The van der Waals surface area contributed by atoms with Crippen LogP contribution < -0.4 is 10.3 Å². The van der Waals surface area contributed by atoms with Crippen molar-refractivity contribution in [2.75, 3.05) is 33.3 Å². The molecule has 0 bridgehead atoms. The molecule has 1 saturated heterocycles. The third kappa shape index (κ3) is 5.03. The van der Waals surface area contributed by atoms with Gasteiger partial charge >= 0.3 is 0 Å². The predicted molar refractivity (Wildman–Crippen MR) is 127 cm³/mol. The lowest BCUT2D eigenvalue weighted by molar-refractivity contribution is -0.133. The molecule has 0 atom stereocenters. The summed E-state index contributed by atoms with van der Waals surface area (Å²) in [6.07, 6.45) is 0.958. The normalized spacial score (nSPS) is 14.2. The minimum Gasteiger partial charge on any atom is -0.508 e. The Labute approximate surface area is 197 Å². The molecular formula is C25H28N4O5. The molecule has 9 nitrogen and oxygen atoms in total. The molecule has 0 saturated carbocycles. The summed E-state index contributed by atoms with van der Waals surface area (Å²) < 4.78 is 6.49. The summed E-state index contributed by atoms with van der Waals surface area (Å²) in [5.74, 6) is 0.969. The van der Waals surface area contributed by atoms with Gasteiger partial charge in [-0.15, -0.1) is 0 Å². The zero-order chi connectivity index (χ0) is 24.2. The van der Waals surface area contributed by atoms with Crippen LogP contribution in [0.3, 0.4) is 0 Å². The van der Waals surface area contributed by atoms with E-state index in [1.807, 2.05) is 24.3 Å². The van der Waals surface area contributed by atoms with Gasteiger partial charge in [0.2, 0.25) is 11.8 Å². The first-order valence-electron chi connectivity index (χ1n) is 11.2. The quantitative estimate of drug-likeness (QED) is 0.617. The molecule has 0 spiro atoms. The Balaban J connectivity index is 1.41. The summed E-state index contributed by atoms with van der Waals surface area (Å²) in [6, 6.07) is 11.8. The third-order valence-electron chi connectivity index (χ3n) is 6.14. The van der Waals surface area contributed by atoms with Gasteiger partial charge in [-0.25, -0.2) is 4.98 Å². The fourth-order valence-electron chi connectivity index (χ4n) is 4.19. The van der Waals surface area contributed by atoms with E-state index in [1.54, 1.807) is 29.9 Å². The number of amides is 2. The van der Waals surface area contributed by atoms with Crippen molar-refractivity contribution < 1.29 is 19.4 Å². The Morgan fingerprint density at radius 2 is 1.68 bits per heavy atom. The van der Waals surface area contributed by atoms with Gasteiger partial charge < -0.3 is 19.6 Å². The molecule has 1 fully saturated rings. The molecule has 2 heterocycles. The van der Waals surface area contributed by atoms with Gasteiger partial charge in [-0.2, -0.15) is 0 Å². The highest BCUT2D eigenvalue weighted by molar-refractivity contribution is 5.81. The van der Waals surface area contributed by atoms with Crippen LogP contribution in [0.2, 0.25) is 0 Å². The second-order valence-corrected chi connectivity index (χ2v) is 8.39. The Bertz CT molecular complexity index is 1270. The zero-order valence-electron chi connectivity index (χ0n) is 19.4. The Hall–Kier alpha value is -3.88. The van der Waals surface area contributed by atoms with Crippen LogP contribution in [0.15, 0.2) is 47.3 Å². The van der Waals surface area contributed by atoms with Gasteiger partial charge in [0.05, 0.1) is 24.4 Å². The maximum Gasteiger partial charge on any atom is 0.261 e. The van der Waals surface area contributed by atoms with Crippen LogP contribution >= 0.6 is 0 Å². The molecule has 34 heavy (non-hydrogen) atoms. The highest BCUT2D eigenvalue weighted by atomic mass is 16.5. The van der Waals surface area contributed by atoms with Crippen LogP contribution in [0.4, 0.5) is 0 Å². The number of hydrogen-bond acceptors (Lipinski definition) is 6. The van der Waals surface area contributed by atoms with Crippen molar-refractivity contribution in [1.82, 2.24) is 19.4 Å². The molecule has 1 aromatic heterocycles. The van der Waals surface area contributed by atoms with E-state index in [0.717, 1.165) is 11.3 Å². The molecule has 9 heteroatoms. The molecule has 1 aliphatic rings. The number of carbonyl (C=O) groups is 2. The summed E-state index contributed by atoms with van der Waals surface area (Å²) in [6.45, 7) is 3.49. The molecule has 0 aliphatic carbocycles. The number of aromatic nitrogens is 2. The zero-order valence-corrected chi connectivity index (χ0v) is 19.4. The standard InChI is InChI=1S/C25H28N4O5/c1-17-26-22-9-6-19(30)15-21(22)25(33)29(17)16-24(32)28-11-3-10-27(12-13-28)23(31)14-18-4-7-20(34-2)8-5-18/h4-9,15,30H,3,10-14,16H2,1-2H3. The average molecular weight is 465 g/mol. The highest BCUT2D eigenvalue weighted by Gasteiger charge is 2.23. The van der Waals surface area contributed by atoms with Gasteiger partial charge in [-0.05, 0) is 49.2 Å². The molecule has 0 unspecified atom stereocenters. The van der Waals surface area contributed by atoms with E-state index in [4.69, 9.17) is 4.74 Å². The summed E-state index contributed by atoms with van der Waals surface area (Å²) in [7, 11) is 1.60. The van der Waals surface area contributed by atoms with Gasteiger partial charge in [0.25, 0.3) is 5.56 Å². The smallest absolute Gasteiger partial charge is 0.261 e. The molecule has 1 aliphatic heterocycles. The van der Waals surface area contributed by atoms with Crippen LogP contribution in [-0.4, -0.2) is 69.6 Å². The Kier molecular flexibility index (Phi) is 6.81. The van der Waals surface area contributed by atoms with E-state index < -0.39 is 0 Å². The lowest BCUT2D eigenvalue weighted by Crippen LogP contribution is -2.40. The van der Waals surface area contributed by atoms with Gasteiger partial charge in [0, 0.05) is 26.2 Å². The van der Waals surface area contributed by atoms with E-state index in [2.05, 4.69) is 4.98 Å². The Morgan fingerprint density at radius 3 is 2.35 bits per heavy atom. The number of phenols is 1. The SMILES string of the molecule is COc1ccc(CC(=O)N2CCCN(C(=O)Cn3c(C)nc4ccc(O)cc4c3=O)CC2)cc1. The van der Waals surface area contributed by atoms with Crippen molar-refractivity contribution in [3.8, 4) is 11.5 Å². The third-order valence-corrected chi connectivity index (χ3v) is 6.14. The molecule has 0 radical (unpaired) electrons. The fraction of sp³-hybridized carbons (Fsp3) is 0.360. The first-order valence-corrected chi connectivity index (χ1v) is 11.2. The van der Waals surface area contributed by atoms with Crippen molar-refractivity contribution >= 4 is 22.7 Å². The lowest BCUT2D eigenvalue weighted by Gasteiger charge is -2.23. The number of ether oxygens (including phenoxy) is 1. The van der Waals surface area contributed by atoms with Crippen LogP contribution in [0.25, 0.3) is 10.9 Å². The van der Waals surface area contributed by atoms with E-state index in [9.17, 15) is 19.5 Å². The number of methoxy groups -OCH3 is 1. The second kappa shape index (κ2) is 9.94. The average Bonchev–Trinajstić information content (AvgIpc) is 3.09. The molecule has 2 amide bonds. The van der Waals surface area contributed by atoms with Crippen LogP contribution in [0.5, 0.6) is 11.5 Å². The van der Waals surface area contributed by atoms with E-state index in [1.165, 1.54) is 16.7 Å². The van der Waals surface area contributed by atoms with E-state index in [0.29, 0.717) is 50.4 Å². The number of hydrogen-bond donors (Lipinski definition) is 1. The first-order chi connectivity index (χ1) is 16.4. The van der Waals surface area contributed by atoms with Crippen molar-refractivity contribution in [3.05, 3.63) is 64.2 Å². The summed E-state index contributed by atoms with van der Waals surface area (Å²) in [5.41, 5.74) is 1.02. The van der Waals surface area contributed by atoms with Gasteiger partial charge in [-0.3, -0.25) is 19.0 Å². The topological polar surface area (TPSA) is 105 Å². The molecule has 1 N–H and O–H groups in total. The first kappa shape index (κ1) is 23.3. The van der Waals surface area contributed by atoms with Crippen LogP contribution in [0, 0.1) is 6.92 Å². The van der Waals surface area contributed by atoms with Gasteiger partial charge in [0.1, 0.15) is 23.9 Å². The monoisotopic (exact) mass is 464 g/mol.